The molecule has 0 amide bonds. The zero-order chi connectivity index (χ0) is 22.2. The van der Waals surface area contributed by atoms with Crippen LogP contribution in [0.1, 0.15) is 12.5 Å². The molecule has 3 aromatic rings. The second kappa shape index (κ2) is 7.73. The molecule has 0 saturated heterocycles. The number of alkyl halides is 3. The lowest BCUT2D eigenvalue weighted by molar-refractivity contribution is -0.136. The summed E-state index contributed by atoms with van der Waals surface area (Å²) in [6, 6.07) is 5.29. The quantitative estimate of drug-likeness (QED) is 0.528. The lowest BCUT2D eigenvalue weighted by Crippen LogP contribution is -2.38. The number of hydrogen-bond acceptors (Lipinski definition) is 6. The van der Waals surface area contributed by atoms with Crippen molar-refractivity contribution >= 4 is 22.7 Å². The molecule has 3 N–H and O–H groups in total. The summed E-state index contributed by atoms with van der Waals surface area (Å²) in [5.74, 6) is -1.23. The minimum absolute atomic E-state index is 0.0224. The highest BCUT2D eigenvalue weighted by Crippen LogP contribution is 2.40. The number of ether oxygens (including phenoxy) is 2. The number of aromatic nitrogens is 2. The number of aliphatic imine (C=N–C) groups is 1. The van der Waals surface area contributed by atoms with Crippen LogP contribution in [0.25, 0.3) is 11.0 Å². The van der Waals surface area contributed by atoms with Gasteiger partial charge in [0.25, 0.3) is 6.02 Å². The number of pyridine rings is 1. The smallest absolute Gasteiger partial charge is 0.418 e. The molecule has 1 aliphatic heterocycles. The Balaban J connectivity index is 1.56. The van der Waals surface area contributed by atoms with E-state index < -0.39 is 23.0 Å². The van der Waals surface area contributed by atoms with E-state index in [0.717, 1.165) is 12.3 Å². The molecule has 11 heteroatoms. The summed E-state index contributed by atoms with van der Waals surface area (Å²) >= 11 is 0. The number of amidine groups is 1. The lowest BCUT2D eigenvalue weighted by atomic mass is 9.93. The van der Waals surface area contributed by atoms with Crippen LogP contribution < -0.4 is 10.1 Å². The van der Waals surface area contributed by atoms with Crippen molar-refractivity contribution in [1.29, 1.82) is 0 Å². The van der Waals surface area contributed by atoms with Crippen LogP contribution >= 0.6 is 0 Å². The van der Waals surface area contributed by atoms with E-state index in [1.165, 1.54) is 24.4 Å². The summed E-state index contributed by atoms with van der Waals surface area (Å²) < 4.78 is 65.3. The Morgan fingerprint density at radius 3 is 2.74 bits per heavy atom. The molecule has 3 heterocycles. The van der Waals surface area contributed by atoms with Gasteiger partial charge in [0.15, 0.2) is 11.6 Å². The van der Waals surface area contributed by atoms with Crippen LogP contribution in [0, 0.1) is 11.2 Å². The number of nitrogens with zero attached hydrogens (tertiary/aromatic N) is 2. The molecular weight excluding hydrogens is 420 g/mol. The highest BCUT2D eigenvalue weighted by molar-refractivity contribution is 5.89. The first-order valence-corrected chi connectivity index (χ1v) is 9.24. The second-order valence-electron chi connectivity index (χ2n) is 7.48. The third-order valence-electron chi connectivity index (χ3n) is 4.79. The average Bonchev–Trinajstić information content (AvgIpc) is 3.18. The van der Waals surface area contributed by atoms with E-state index in [2.05, 4.69) is 20.3 Å². The van der Waals surface area contributed by atoms with Gasteiger partial charge < -0.3 is 24.9 Å². The number of aromatic amines is 1. The topological polar surface area (TPSA) is 91.8 Å². The molecule has 0 spiro atoms. The normalized spacial score (nSPS) is 19.1. The first-order chi connectivity index (χ1) is 14.7. The van der Waals surface area contributed by atoms with Crippen molar-refractivity contribution in [3.63, 3.8) is 0 Å². The summed E-state index contributed by atoms with van der Waals surface area (Å²) in [4.78, 5) is 10.5. The van der Waals surface area contributed by atoms with Crippen LogP contribution in [-0.2, 0) is 10.9 Å². The number of aliphatic hydroxyl groups is 1. The van der Waals surface area contributed by atoms with Crippen molar-refractivity contribution in [2.45, 2.75) is 13.1 Å². The van der Waals surface area contributed by atoms with Gasteiger partial charge in [0.05, 0.1) is 24.1 Å². The molecule has 1 aromatic carbocycles. The van der Waals surface area contributed by atoms with E-state index in [1.54, 1.807) is 0 Å². The number of nitrogens with one attached hydrogen (secondary N) is 2. The van der Waals surface area contributed by atoms with E-state index in [9.17, 15) is 22.7 Å². The molecule has 7 nitrogen and oxygen atoms in total. The zero-order valence-electron chi connectivity index (χ0n) is 16.3. The maximum Gasteiger partial charge on any atom is 0.418 e. The Morgan fingerprint density at radius 1 is 1.29 bits per heavy atom. The molecular formula is C20H18F4N4O3. The largest absolute Gasteiger partial charge is 0.464 e. The number of H-pyrrole nitrogens is 1. The van der Waals surface area contributed by atoms with Gasteiger partial charge in [-0.15, -0.1) is 0 Å². The predicted octanol–water partition coefficient (Wildman–Crippen LogP) is 4.31. The first kappa shape index (κ1) is 20.9. The third kappa shape index (κ3) is 4.26. The summed E-state index contributed by atoms with van der Waals surface area (Å²) in [6.45, 7) is 2.33. The number of fused-ring (bicyclic) bond motifs is 1. The molecule has 2 aromatic heterocycles. The fourth-order valence-electron chi connectivity index (χ4n) is 3.01. The Morgan fingerprint density at radius 2 is 2.10 bits per heavy atom. The van der Waals surface area contributed by atoms with Crippen molar-refractivity contribution < 1.29 is 32.1 Å². The van der Waals surface area contributed by atoms with E-state index in [-0.39, 0.29) is 41.8 Å². The molecule has 0 fully saturated rings. The van der Waals surface area contributed by atoms with Gasteiger partial charge in [-0.25, -0.2) is 14.4 Å². The molecule has 0 bridgehead atoms. The maximum atomic E-state index is 14.6. The number of halogens is 4. The Hall–Kier alpha value is -3.34. The minimum Gasteiger partial charge on any atom is -0.464 e. The molecule has 1 unspecified atom stereocenters. The molecule has 1 atom stereocenters. The van der Waals surface area contributed by atoms with Gasteiger partial charge in [0.2, 0.25) is 0 Å². The number of hydrogen-bond donors (Lipinski definition) is 3. The van der Waals surface area contributed by atoms with Gasteiger partial charge in [0, 0.05) is 29.6 Å². The molecule has 31 heavy (non-hydrogen) atoms. The SMILES string of the molecule is CC1(CO)CN=C(Nc2ccc(Oc3ccnc4[nH]cc(C(F)(F)F)c34)c(F)c2)OC1. The molecule has 0 aliphatic carbocycles. The predicted molar refractivity (Wildman–Crippen MR) is 105 cm³/mol. The van der Waals surface area contributed by atoms with Gasteiger partial charge >= 0.3 is 6.18 Å². The summed E-state index contributed by atoms with van der Waals surface area (Å²) in [5.41, 5.74) is -1.14. The summed E-state index contributed by atoms with van der Waals surface area (Å²) in [5, 5.41) is 11.9. The molecule has 1 aliphatic rings. The van der Waals surface area contributed by atoms with E-state index in [4.69, 9.17) is 9.47 Å². The monoisotopic (exact) mass is 438 g/mol. The molecule has 0 radical (unpaired) electrons. The average molecular weight is 438 g/mol. The van der Waals surface area contributed by atoms with Crippen molar-refractivity contribution in [3.8, 4) is 11.5 Å². The van der Waals surface area contributed by atoms with Crippen LogP contribution in [0.5, 0.6) is 11.5 Å². The maximum absolute atomic E-state index is 14.6. The van der Waals surface area contributed by atoms with Crippen molar-refractivity contribution in [2.75, 3.05) is 25.1 Å². The van der Waals surface area contributed by atoms with Gasteiger partial charge in [-0.3, -0.25) is 0 Å². The van der Waals surface area contributed by atoms with E-state index in [1.807, 2.05) is 6.92 Å². The van der Waals surface area contributed by atoms with E-state index >= 15 is 0 Å². The molecule has 4 rings (SSSR count). The van der Waals surface area contributed by atoms with Gasteiger partial charge in [-0.05, 0) is 18.2 Å². The summed E-state index contributed by atoms with van der Waals surface area (Å²) in [6.07, 6.45) is -2.57. The van der Waals surface area contributed by atoms with Crippen molar-refractivity contribution in [3.05, 3.63) is 48.0 Å². The first-order valence-electron chi connectivity index (χ1n) is 9.24. The fourth-order valence-corrected chi connectivity index (χ4v) is 3.01. The lowest BCUT2D eigenvalue weighted by Gasteiger charge is -2.30. The van der Waals surface area contributed by atoms with Crippen LogP contribution in [0.3, 0.4) is 0 Å². The minimum atomic E-state index is -4.63. The third-order valence-corrected chi connectivity index (χ3v) is 4.79. The summed E-state index contributed by atoms with van der Waals surface area (Å²) in [7, 11) is 0. The van der Waals surface area contributed by atoms with Crippen LogP contribution in [0.4, 0.5) is 23.2 Å². The number of aliphatic hydroxyl groups excluding tert-OH is 1. The molecule has 164 valence electrons. The molecule has 0 saturated carbocycles. The van der Waals surface area contributed by atoms with Gasteiger partial charge in [-0.2, -0.15) is 13.2 Å². The van der Waals surface area contributed by atoms with Crippen LogP contribution in [-0.4, -0.2) is 40.9 Å². The highest BCUT2D eigenvalue weighted by atomic mass is 19.4. The van der Waals surface area contributed by atoms with Crippen molar-refractivity contribution in [2.24, 2.45) is 10.4 Å². The Kier molecular flexibility index (Phi) is 5.21. The van der Waals surface area contributed by atoms with Gasteiger partial charge in [0.1, 0.15) is 18.0 Å². The Bertz CT molecular complexity index is 1150. The van der Waals surface area contributed by atoms with Crippen LogP contribution in [0.15, 0.2) is 41.7 Å². The number of anilines is 1. The fraction of sp³-hybridized carbons (Fsp3) is 0.300. The zero-order valence-corrected chi connectivity index (χ0v) is 16.3. The van der Waals surface area contributed by atoms with E-state index in [0.29, 0.717) is 12.2 Å². The number of benzene rings is 1. The number of rotatable bonds is 4. The highest BCUT2D eigenvalue weighted by Gasteiger charge is 2.35. The second-order valence-corrected chi connectivity index (χ2v) is 7.48. The Labute approximate surface area is 173 Å². The standard InChI is InChI=1S/C20H18F4N4O3/c1-19(9-29)8-27-18(30-10-19)28-11-2-3-14(13(21)6-11)31-15-4-5-25-17-16(15)12(7-26-17)20(22,23)24/h2-7,29H,8-10H2,1H3,(H,25,26)(H,27,28). The van der Waals surface area contributed by atoms with Gasteiger partial charge in [-0.1, -0.05) is 6.92 Å². The van der Waals surface area contributed by atoms with Crippen LogP contribution in [0.2, 0.25) is 0 Å². The van der Waals surface area contributed by atoms with Crippen molar-refractivity contribution in [1.82, 2.24) is 9.97 Å².